The van der Waals surface area contributed by atoms with Crippen molar-refractivity contribution < 1.29 is 4.79 Å². The maximum Gasteiger partial charge on any atom is 0.317 e. The standard InChI is InChI=1S/C18H27N3O/c1-14-5-3-10-21(13-14)18(22)19-12-15-7-8-17-16(11-15)6-4-9-20(17)2/h7-8,11,14H,3-6,9-10,12-13H2,1-2H3,(H,19,22). The SMILES string of the molecule is CC1CCCN(C(=O)NCc2ccc3c(c2)CCCN3C)C1. The van der Waals surface area contributed by atoms with Gasteiger partial charge in [0.15, 0.2) is 0 Å². The summed E-state index contributed by atoms with van der Waals surface area (Å²) in [6, 6.07) is 6.67. The first kappa shape index (κ1) is 15.2. The molecule has 1 aromatic carbocycles. The third kappa shape index (κ3) is 3.37. The fourth-order valence-corrected chi connectivity index (χ4v) is 3.61. The van der Waals surface area contributed by atoms with Crippen molar-refractivity contribution in [3.05, 3.63) is 29.3 Å². The molecule has 0 aliphatic carbocycles. The van der Waals surface area contributed by atoms with Crippen LogP contribution in [-0.2, 0) is 13.0 Å². The van der Waals surface area contributed by atoms with Crippen LogP contribution in [0.15, 0.2) is 18.2 Å². The van der Waals surface area contributed by atoms with Gasteiger partial charge >= 0.3 is 6.03 Å². The lowest BCUT2D eigenvalue weighted by atomic mass is 9.99. The quantitative estimate of drug-likeness (QED) is 0.911. The molecule has 2 aliphatic rings. The van der Waals surface area contributed by atoms with Crippen LogP contribution in [0.3, 0.4) is 0 Å². The lowest BCUT2D eigenvalue weighted by molar-refractivity contribution is 0.169. The largest absolute Gasteiger partial charge is 0.374 e. The van der Waals surface area contributed by atoms with Gasteiger partial charge in [-0.2, -0.15) is 0 Å². The number of amides is 2. The zero-order chi connectivity index (χ0) is 15.5. The molecule has 2 heterocycles. The lowest BCUT2D eigenvalue weighted by Crippen LogP contribution is -2.44. The summed E-state index contributed by atoms with van der Waals surface area (Å²) in [5.41, 5.74) is 3.95. The summed E-state index contributed by atoms with van der Waals surface area (Å²) in [6.45, 7) is 5.77. The molecule has 2 amide bonds. The number of nitrogens with one attached hydrogen (secondary N) is 1. The summed E-state index contributed by atoms with van der Waals surface area (Å²) in [6.07, 6.45) is 4.72. The highest BCUT2D eigenvalue weighted by molar-refractivity contribution is 5.74. The average Bonchev–Trinajstić information content (AvgIpc) is 2.53. The van der Waals surface area contributed by atoms with Gasteiger partial charge in [0.2, 0.25) is 0 Å². The first-order valence-corrected chi connectivity index (χ1v) is 8.49. The van der Waals surface area contributed by atoms with Gasteiger partial charge in [-0.25, -0.2) is 4.79 Å². The zero-order valence-electron chi connectivity index (χ0n) is 13.8. The Bertz CT molecular complexity index is 543. The molecule has 1 aromatic rings. The molecule has 0 bridgehead atoms. The number of rotatable bonds is 2. The molecule has 4 nitrogen and oxygen atoms in total. The van der Waals surface area contributed by atoms with Gasteiger partial charge in [-0.15, -0.1) is 0 Å². The van der Waals surface area contributed by atoms with E-state index in [9.17, 15) is 4.79 Å². The van der Waals surface area contributed by atoms with Gasteiger partial charge in [0.25, 0.3) is 0 Å². The smallest absolute Gasteiger partial charge is 0.317 e. The van der Waals surface area contributed by atoms with Crippen molar-refractivity contribution in [3.8, 4) is 0 Å². The summed E-state index contributed by atoms with van der Waals surface area (Å²) >= 11 is 0. The van der Waals surface area contributed by atoms with Crippen molar-refractivity contribution in [2.75, 3.05) is 31.6 Å². The Morgan fingerprint density at radius 2 is 2.18 bits per heavy atom. The molecule has 0 aromatic heterocycles. The number of carbonyl (C=O) groups is 1. The van der Waals surface area contributed by atoms with E-state index in [2.05, 4.69) is 42.4 Å². The molecule has 2 aliphatic heterocycles. The second-order valence-electron chi connectivity index (χ2n) is 6.84. The Morgan fingerprint density at radius 1 is 1.32 bits per heavy atom. The summed E-state index contributed by atoms with van der Waals surface area (Å²) in [5.74, 6) is 0.624. The van der Waals surface area contributed by atoms with E-state index in [1.807, 2.05) is 4.90 Å². The second kappa shape index (κ2) is 6.59. The summed E-state index contributed by atoms with van der Waals surface area (Å²) in [4.78, 5) is 16.5. The van der Waals surface area contributed by atoms with E-state index < -0.39 is 0 Å². The van der Waals surface area contributed by atoms with E-state index in [0.717, 1.165) is 32.5 Å². The number of likely N-dealkylation sites (tertiary alicyclic amines) is 1. The van der Waals surface area contributed by atoms with Crippen molar-refractivity contribution in [1.82, 2.24) is 10.2 Å². The van der Waals surface area contributed by atoms with Gasteiger partial charge in [-0.1, -0.05) is 19.1 Å². The maximum atomic E-state index is 12.3. The third-order valence-corrected chi connectivity index (χ3v) is 4.88. The highest BCUT2D eigenvalue weighted by Crippen LogP contribution is 2.26. The molecular formula is C18H27N3O. The number of piperidine rings is 1. The highest BCUT2D eigenvalue weighted by atomic mass is 16.2. The molecule has 0 saturated carbocycles. The minimum absolute atomic E-state index is 0.0846. The molecule has 0 spiro atoms. The number of anilines is 1. The van der Waals surface area contributed by atoms with E-state index in [1.54, 1.807) is 0 Å². The van der Waals surface area contributed by atoms with Gasteiger partial charge in [-0.3, -0.25) is 0 Å². The number of fused-ring (bicyclic) bond motifs is 1. The highest BCUT2D eigenvalue weighted by Gasteiger charge is 2.20. The fraction of sp³-hybridized carbons (Fsp3) is 0.611. The number of hydrogen-bond donors (Lipinski definition) is 1. The van der Waals surface area contributed by atoms with Crippen LogP contribution in [-0.4, -0.2) is 37.6 Å². The number of aryl methyl sites for hydroxylation is 1. The molecule has 1 fully saturated rings. The molecule has 22 heavy (non-hydrogen) atoms. The first-order valence-electron chi connectivity index (χ1n) is 8.49. The van der Waals surface area contributed by atoms with Crippen molar-refractivity contribution in [1.29, 1.82) is 0 Å². The average molecular weight is 301 g/mol. The number of hydrogen-bond acceptors (Lipinski definition) is 2. The normalized spacial score (nSPS) is 21.5. The molecule has 120 valence electrons. The van der Waals surface area contributed by atoms with Gasteiger partial charge in [0, 0.05) is 38.9 Å². The number of nitrogens with zero attached hydrogens (tertiary/aromatic N) is 2. The van der Waals surface area contributed by atoms with E-state index in [0.29, 0.717) is 12.5 Å². The molecule has 4 heteroatoms. The minimum atomic E-state index is 0.0846. The van der Waals surface area contributed by atoms with Crippen molar-refractivity contribution >= 4 is 11.7 Å². The molecular weight excluding hydrogens is 274 g/mol. The van der Waals surface area contributed by atoms with Crippen LogP contribution in [0.5, 0.6) is 0 Å². The monoisotopic (exact) mass is 301 g/mol. The van der Waals surface area contributed by atoms with E-state index >= 15 is 0 Å². The lowest BCUT2D eigenvalue weighted by Gasteiger charge is -2.31. The molecule has 1 N–H and O–H groups in total. The number of urea groups is 1. The van der Waals surface area contributed by atoms with E-state index in [1.165, 1.54) is 29.7 Å². The molecule has 3 rings (SSSR count). The molecule has 1 saturated heterocycles. The predicted octanol–water partition coefficient (Wildman–Crippen LogP) is 3.01. The second-order valence-corrected chi connectivity index (χ2v) is 6.84. The maximum absolute atomic E-state index is 12.3. The van der Waals surface area contributed by atoms with Gasteiger partial charge in [-0.05, 0) is 48.8 Å². The number of carbonyl (C=O) groups excluding carboxylic acids is 1. The van der Waals surface area contributed by atoms with Crippen LogP contribution in [0.1, 0.15) is 37.3 Å². The minimum Gasteiger partial charge on any atom is -0.374 e. The van der Waals surface area contributed by atoms with Crippen molar-refractivity contribution in [3.63, 3.8) is 0 Å². The van der Waals surface area contributed by atoms with Crippen LogP contribution in [0.4, 0.5) is 10.5 Å². The van der Waals surface area contributed by atoms with Crippen LogP contribution < -0.4 is 10.2 Å². The fourth-order valence-electron chi connectivity index (χ4n) is 3.61. The zero-order valence-corrected chi connectivity index (χ0v) is 13.8. The van der Waals surface area contributed by atoms with Crippen molar-refractivity contribution in [2.24, 2.45) is 5.92 Å². The van der Waals surface area contributed by atoms with Crippen LogP contribution in [0, 0.1) is 5.92 Å². The Balaban J connectivity index is 1.58. The van der Waals surface area contributed by atoms with Crippen molar-refractivity contribution in [2.45, 2.75) is 39.2 Å². The van der Waals surface area contributed by atoms with Crippen LogP contribution >= 0.6 is 0 Å². The Hall–Kier alpha value is -1.71. The molecule has 1 atom stereocenters. The van der Waals surface area contributed by atoms with E-state index in [4.69, 9.17) is 0 Å². The summed E-state index contributed by atoms with van der Waals surface area (Å²) in [7, 11) is 2.15. The van der Waals surface area contributed by atoms with Gasteiger partial charge in [0.1, 0.15) is 0 Å². The van der Waals surface area contributed by atoms with E-state index in [-0.39, 0.29) is 6.03 Å². The molecule has 1 unspecified atom stereocenters. The Labute approximate surface area is 133 Å². The topological polar surface area (TPSA) is 35.6 Å². The van der Waals surface area contributed by atoms with Crippen LogP contribution in [0.25, 0.3) is 0 Å². The summed E-state index contributed by atoms with van der Waals surface area (Å²) in [5, 5.41) is 3.08. The third-order valence-electron chi connectivity index (χ3n) is 4.88. The Kier molecular flexibility index (Phi) is 4.55. The molecule has 0 radical (unpaired) electrons. The van der Waals surface area contributed by atoms with Gasteiger partial charge in [0.05, 0.1) is 0 Å². The predicted molar refractivity (Wildman–Crippen MR) is 90.2 cm³/mol. The Morgan fingerprint density at radius 3 is 3.00 bits per heavy atom. The first-order chi connectivity index (χ1) is 10.6. The van der Waals surface area contributed by atoms with Crippen LogP contribution in [0.2, 0.25) is 0 Å². The number of benzene rings is 1. The van der Waals surface area contributed by atoms with Gasteiger partial charge < -0.3 is 15.1 Å². The summed E-state index contributed by atoms with van der Waals surface area (Å²) < 4.78 is 0.